The van der Waals surface area contributed by atoms with Crippen molar-refractivity contribution in [2.75, 3.05) is 26.2 Å². The summed E-state index contributed by atoms with van der Waals surface area (Å²) in [5, 5.41) is 0. The molecule has 0 saturated heterocycles. The van der Waals surface area contributed by atoms with Crippen LogP contribution in [0.1, 0.15) is 0 Å². The molecule has 0 amide bonds. The zero-order chi connectivity index (χ0) is 7.33. The largest absolute Gasteiger partial charge is 1.00 e. The van der Waals surface area contributed by atoms with E-state index in [2.05, 4.69) is 0 Å². The van der Waals surface area contributed by atoms with Gasteiger partial charge in [0.15, 0.2) is 0 Å². The number of rotatable bonds is 4. The highest BCUT2D eigenvalue weighted by molar-refractivity contribution is 4.82. The van der Waals surface area contributed by atoms with Gasteiger partial charge in [0, 0.05) is 31.6 Å². The minimum atomic E-state index is -0.222. The minimum Gasteiger partial charge on any atom is -1.00 e. The van der Waals surface area contributed by atoms with Crippen molar-refractivity contribution in [1.29, 1.82) is 0 Å². The summed E-state index contributed by atoms with van der Waals surface area (Å²) >= 11 is 0. The lowest BCUT2D eigenvalue weighted by Gasteiger charge is -2.26. The molecule has 0 fully saturated rings. The maximum atomic E-state index is 5.40. The molecule has 13 heavy (non-hydrogen) atoms. The number of hydrogen-bond donors (Lipinski definition) is 4. The van der Waals surface area contributed by atoms with Crippen molar-refractivity contribution < 1.29 is 49.6 Å². The van der Waals surface area contributed by atoms with Crippen molar-refractivity contribution >= 4 is 0 Å². The van der Waals surface area contributed by atoms with Gasteiger partial charge in [0.05, 0.1) is 0 Å². The molecule has 0 aliphatic heterocycles. The molecule has 0 saturated carbocycles. The van der Waals surface area contributed by atoms with Crippen LogP contribution in [0.3, 0.4) is 0 Å². The van der Waals surface area contributed by atoms with Gasteiger partial charge in [-0.1, -0.05) is 0 Å². The lowest BCUT2D eigenvalue weighted by molar-refractivity contribution is -0.00100. The second-order valence-corrected chi connectivity index (χ2v) is 2.32. The lowest BCUT2D eigenvalue weighted by Crippen LogP contribution is -3.00. The Balaban J connectivity index is -0.0000000533. The van der Waals surface area contributed by atoms with Gasteiger partial charge in [-0.25, -0.2) is 0 Å². The van der Waals surface area contributed by atoms with Gasteiger partial charge in [0.1, 0.15) is 0 Å². The van der Waals surface area contributed by atoms with Gasteiger partial charge in [0.25, 0.3) is 0 Å². The Bertz CT molecular complexity index is 63.4. The number of nitrogens with two attached hydrogens (primary N) is 4. The molecule has 0 atom stereocenters. The van der Waals surface area contributed by atoms with Gasteiger partial charge in [-0.15, -0.1) is 0 Å². The average molecular weight is 274 g/mol. The molecule has 0 aromatic rings. The Morgan fingerprint density at radius 2 is 0.692 bits per heavy atom. The molecule has 0 radical (unpaired) electrons. The first kappa shape index (κ1) is 29.2. The minimum absolute atomic E-state index is 0. The summed E-state index contributed by atoms with van der Waals surface area (Å²) in [7, 11) is 0. The molecule has 0 aromatic heterocycles. The van der Waals surface area contributed by atoms with Crippen LogP contribution in [0.4, 0.5) is 0 Å². The first-order valence-corrected chi connectivity index (χ1v) is 3.05. The summed E-state index contributed by atoms with van der Waals surface area (Å²) in [6.45, 7) is 1.88. The molecule has 0 rings (SSSR count). The fourth-order valence-corrected chi connectivity index (χ4v) is 0.500. The van der Waals surface area contributed by atoms with E-state index < -0.39 is 0 Å². The summed E-state index contributed by atoms with van der Waals surface area (Å²) in [6, 6.07) is 0. The van der Waals surface area contributed by atoms with Crippen molar-refractivity contribution in [3.8, 4) is 0 Å². The summed E-state index contributed by atoms with van der Waals surface area (Å²) in [4.78, 5) is 0. The molecule has 0 bridgehead atoms. The predicted octanol–water partition coefficient (Wildman–Crippen LogP) is -14.2. The van der Waals surface area contributed by atoms with Crippen LogP contribution < -0.4 is 72.6 Å². The van der Waals surface area contributed by atoms with E-state index in [9.17, 15) is 0 Å². The lowest BCUT2D eigenvalue weighted by atomic mass is 9.89. The van der Waals surface area contributed by atoms with E-state index in [1.54, 1.807) is 0 Å². The van der Waals surface area contributed by atoms with Gasteiger partial charge < -0.3 is 72.6 Å². The second kappa shape index (κ2) is 15.5. The van der Waals surface area contributed by atoms with Gasteiger partial charge in [0.2, 0.25) is 0 Å². The van der Waals surface area contributed by atoms with E-state index in [1.807, 2.05) is 0 Å². The fourth-order valence-electron chi connectivity index (χ4n) is 0.500. The molecular weight excluding hydrogens is 258 g/mol. The van der Waals surface area contributed by atoms with E-state index in [4.69, 9.17) is 22.9 Å². The van der Waals surface area contributed by atoms with Crippen molar-refractivity contribution in [3.63, 3.8) is 0 Å². The van der Waals surface area contributed by atoms with Crippen LogP contribution in [-0.2, 0) is 0 Å². The van der Waals surface area contributed by atoms with Crippen LogP contribution in [0.2, 0.25) is 0 Å². The standard InChI is InChI=1S/C5H16N4.4ClH/c6-1-5(2-7,3-8)4-9;;;;/h1-4,6-9H2;4*1H/p-4. The third-order valence-electron chi connectivity index (χ3n) is 1.73. The number of halogens is 4. The molecule has 0 spiro atoms. The first-order valence-electron chi connectivity index (χ1n) is 3.05. The van der Waals surface area contributed by atoms with E-state index in [-0.39, 0.29) is 55.0 Å². The molecule has 88 valence electrons. The van der Waals surface area contributed by atoms with E-state index in [1.165, 1.54) is 0 Å². The van der Waals surface area contributed by atoms with Crippen LogP contribution in [0.25, 0.3) is 0 Å². The van der Waals surface area contributed by atoms with Crippen LogP contribution in [-0.4, -0.2) is 26.2 Å². The van der Waals surface area contributed by atoms with Gasteiger partial charge in [-0.3, -0.25) is 0 Å². The van der Waals surface area contributed by atoms with Gasteiger partial charge in [-0.2, -0.15) is 0 Å². The summed E-state index contributed by atoms with van der Waals surface area (Å²) < 4.78 is 0. The summed E-state index contributed by atoms with van der Waals surface area (Å²) in [5.74, 6) is 0. The highest BCUT2D eigenvalue weighted by Gasteiger charge is 2.22. The van der Waals surface area contributed by atoms with E-state index >= 15 is 0 Å². The second-order valence-electron chi connectivity index (χ2n) is 2.32. The Hall–Kier alpha value is 1.00. The normalized spacial score (nSPS) is 8.31. The predicted molar refractivity (Wildman–Crippen MR) is 38.7 cm³/mol. The van der Waals surface area contributed by atoms with Gasteiger partial charge in [-0.05, 0) is 0 Å². The first-order chi connectivity index (χ1) is 4.24. The van der Waals surface area contributed by atoms with E-state index in [0.29, 0.717) is 26.2 Å². The molecule has 4 nitrogen and oxygen atoms in total. The zero-order valence-electron chi connectivity index (χ0n) is 7.15. The molecule has 0 heterocycles. The summed E-state index contributed by atoms with van der Waals surface area (Å²) in [5.41, 5.74) is 21.4. The van der Waals surface area contributed by atoms with Crippen LogP contribution in [0.15, 0.2) is 0 Å². The Kier molecular flexibility index (Phi) is 34.8. The van der Waals surface area contributed by atoms with Crippen molar-refractivity contribution in [2.24, 2.45) is 28.3 Å². The molecule has 8 N–H and O–H groups in total. The van der Waals surface area contributed by atoms with Crippen LogP contribution in [0.5, 0.6) is 0 Å². The Labute approximate surface area is 104 Å². The van der Waals surface area contributed by atoms with E-state index in [0.717, 1.165) is 0 Å². The van der Waals surface area contributed by atoms with Crippen molar-refractivity contribution in [3.05, 3.63) is 0 Å². The smallest absolute Gasteiger partial charge is 0.0193 e. The maximum absolute atomic E-state index is 5.40. The molecule has 0 aromatic carbocycles. The Morgan fingerprint density at radius 3 is 0.692 bits per heavy atom. The third kappa shape index (κ3) is 9.31. The monoisotopic (exact) mass is 272 g/mol. The molecule has 0 aliphatic carbocycles. The Morgan fingerprint density at radius 1 is 0.538 bits per heavy atom. The zero-order valence-corrected chi connectivity index (χ0v) is 10.2. The number of hydrogen-bond acceptors (Lipinski definition) is 4. The quantitative estimate of drug-likeness (QED) is 0.408. The molecule has 0 unspecified atom stereocenters. The highest BCUT2D eigenvalue weighted by Crippen LogP contribution is 2.06. The van der Waals surface area contributed by atoms with Crippen LogP contribution in [0, 0.1) is 5.41 Å². The third-order valence-corrected chi connectivity index (χ3v) is 1.73. The summed E-state index contributed by atoms with van der Waals surface area (Å²) in [6.07, 6.45) is 0. The van der Waals surface area contributed by atoms with Gasteiger partial charge >= 0.3 is 0 Å². The topological polar surface area (TPSA) is 104 Å². The average Bonchev–Trinajstić information content (AvgIpc) is 1.95. The molecular formula is C5H16Cl4N4-4. The van der Waals surface area contributed by atoms with Crippen molar-refractivity contribution in [2.45, 2.75) is 0 Å². The highest BCUT2D eigenvalue weighted by atomic mass is 35.5. The van der Waals surface area contributed by atoms with Crippen LogP contribution >= 0.6 is 0 Å². The fraction of sp³-hybridized carbons (Fsp3) is 1.00. The van der Waals surface area contributed by atoms with Crippen molar-refractivity contribution in [1.82, 2.24) is 0 Å². The molecule has 8 heteroatoms. The molecule has 0 aliphatic rings. The maximum Gasteiger partial charge on any atom is 0.0193 e. The SMILES string of the molecule is NCC(CN)(CN)CN.[Cl-].[Cl-].[Cl-].[Cl-].